The molecular formula is C13H11NO5. The van der Waals surface area contributed by atoms with E-state index in [4.69, 9.17) is 13.9 Å². The van der Waals surface area contributed by atoms with Gasteiger partial charge in [-0.2, -0.15) is 0 Å². The number of non-ortho nitro benzene ring substituents is 1. The lowest BCUT2D eigenvalue weighted by atomic mass is 10.1. The molecule has 98 valence electrons. The van der Waals surface area contributed by atoms with E-state index in [1.54, 1.807) is 24.3 Å². The Hall–Kier alpha value is -2.18. The van der Waals surface area contributed by atoms with Gasteiger partial charge in [0, 0.05) is 17.7 Å². The summed E-state index contributed by atoms with van der Waals surface area (Å²) >= 11 is 0. The molecule has 1 fully saturated rings. The monoisotopic (exact) mass is 261 g/mol. The molecule has 0 saturated carbocycles. The van der Waals surface area contributed by atoms with E-state index in [-0.39, 0.29) is 5.69 Å². The molecule has 1 aliphatic heterocycles. The van der Waals surface area contributed by atoms with Crippen LogP contribution in [0.15, 0.2) is 40.8 Å². The summed E-state index contributed by atoms with van der Waals surface area (Å²) in [6, 6.07) is 9.77. The summed E-state index contributed by atoms with van der Waals surface area (Å²) in [5.41, 5.74) is 0.827. The smallest absolute Gasteiger partial charge is 0.269 e. The van der Waals surface area contributed by atoms with Crippen molar-refractivity contribution in [2.24, 2.45) is 0 Å². The van der Waals surface area contributed by atoms with Gasteiger partial charge in [-0.25, -0.2) is 0 Å². The zero-order valence-corrected chi connectivity index (χ0v) is 9.94. The standard InChI is InChI=1S/C13H11NO5/c15-14(16)10-3-1-9(2-4-10)11-5-6-12(19-11)13-17-7-8-18-13/h1-6,13H,7-8H2. The molecule has 0 aliphatic carbocycles. The molecule has 0 amide bonds. The Kier molecular flexibility index (Phi) is 3.02. The molecule has 0 radical (unpaired) electrons. The maximum Gasteiger partial charge on any atom is 0.269 e. The third kappa shape index (κ3) is 2.35. The first-order chi connectivity index (χ1) is 9.24. The summed E-state index contributed by atoms with van der Waals surface area (Å²) in [5.74, 6) is 1.23. The van der Waals surface area contributed by atoms with Crippen LogP contribution in [0.2, 0.25) is 0 Å². The molecule has 1 aromatic heterocycles. The average Bonchev–Trinajstić information content (AvgIpc) is 3.10. The molecule has 6 nitrogen and oxygen atoms in total. The summed E-state index contributed by atoms with van der Waals surface area (Å²) in [4.78, 5) is 10.1. The highest BCUT2D eigenvalue weighted by Gasteiger charge is 2.22. The number of rotatable bonds is 3. The Bertz CT molecular complexity index is 583. The van der Waals surface area contributed by atoms with Crippen molar-refractivity contribution in [2.45, 2.75) is 6.29 Å². The third-order valence-corrected chi connectivity index (χ3v) is 2.84. The molecule has 1 saturated heterocycles. The predicted molar refractivity (Wildman–Crippen MR) is 65.4 cm³/mol. The van der Waals surface area contributed by atoms with E-state index in [0.29, 0.717) is 24.7 Å². The Morgan fingerprint density at radius 3 is 2.37 bits per heavy atom. The summed E-state index contributed by atoms with van der Waals surface area (Å²) in [6.45, 7) is 1.11. The highest BCUT2D eigenvalue weighted by molar-refractivity contribution is 5.59. The van der Waals surface area contributed by atoms with Gasteiger partial charge < -0.3 is 13.9 Å². The molecule has 0 spiro atoms. The van der Waals surface area contributed by atoms with Crippen molar-refractivity contribution in [3.8, 4) is 11.3 Å². The third-order valence-electron chi connectivity index (χ3n) is 2.84. The van der Waals surface area contributed by atoms with Gasteiger partial charge in [0.15, 0.2) is 5.76 Å². The van der Waals surface area contributed by atoms with E-state index in [1.807, 2.05) is 0 Å². The fourth-order valence-corrected chi connectivity index (χ4v) is 1.90. The lowest BCUT2D eigenvalue weighted by molar-refractivity contribution is -0.384. The van der Waals surface area contributed by atoms with E-state index >= 15 is 0 Å². The largest absolute Gasteiger partial charge is 0.456 e. The van der Waals surface area contributed by atoms with Crippen molar-refractivity contribution >= 4 is 5.69 Å². The minimum atomic E-state index is -0.452. The van der Waals surface area contributed by atoms with Crippen molar-refractivity contribution in [2.75, 3.05) is 13.2 Å². The maximum atomic E-state index is 10.6. The lowest BCUT2D eigenvalue weighted by Gasteiger charge is -2.04. The van der Waals surface area contributed by atoms with Gasteiger partial charge in [0.05, 0.1) is 18.1 Å². The summed E-state index contributed by atoms with van der Waals surface area (Å²) in [5, 5.41) is 10.6. The molecule has 0 N–H and O–H groups in total. The Balaban J connectivity index is 1.83. The van der Waals surface area contributed by atoms with Crippen LogP contribution >= 0.6 is 0 Å². The first-order valence-corrected chi connectivity index (χ1v) is 5.82. The van der Waals surface area contributed by atoms with Crippen molar-refractivity contribution < 1.29 is 18.8 Å². The zero-order chi connectivity index (χ0) is 13.2. The SMILES string of the molecule is O=[N+]([O-])c1ccc(-c2ccc(C3OCCO3)o2)cc1. The summed E-state index contributed by atoms with van der Waals surface area (Å²) in [6.07, 6.45) is -0.452. The Labute approximate surface area is 108 Å². The van der Waals surface area contributed by atoms with Gasteiger partial charge in [-0.3, -0.25) is 10.1 Å². The van der Waals surface area contributed by atoms with Crippen LogP contribution in [-0.4, -0.2) is 18.1 Å². The molecule has 0 bridgehead atoms. The molecule has 0 unspecified atom stereocenters. The predicted octanol–water partition coefficient (Wildman–Crippen LogP) is 2.90. The highest BCUT2D eigenvalue weighted by Crippen LogP contribution is 2.30. The van der Waals surface area contributed by atoms with Crippen LogP contribution in [0.5, 0.6) is 0 Å². The fourth-order valence-electron chi connectivity index (χ4n) is 1.90. The van der Waals surface area contributed by atoms with Gasteiger partial charge in [0.2, 0.25) is 6.29 Å². The van der Waals surface area contributed by atoms with Gasteiger partial charge in [0.25, 0.3) is 5.69 Å². The van der Waals surface area contributed by atoms with E-state index < -0.39 is 11.2 Å². The number of nitro benzene ring substituents is 1. The van der Waals surface area contributed by atoms with Gasteiger partial charge in [-0.05, 0) is 24.3 Å². The van der Waals surface area contributed by atoms with Crippen molar-refractivity contribution in [3.63, 3.8) is 0 Å². The van der Waals surface area contributed by atoms with E-state index in [9.17, 15) is 10.1 Å². The van der Waals surface area contributed by atoms with Crippen LogP contribution in [-0.2, 0) is 9.47 Å². The second kappa shape index (κ2) is 4.83. The fraction of sp³-hybridized carbons (Fsp3) is 0.231. The van der Waals surface area contributed by atoms with Gasteiger partial charge in [-0.1, -0.05) is 0 Å². The van der Waals surface area contributed by atoms with Gasteiger partial charge in [0.1, 0.15) is 5.76 Å². The van der Waals surface area contributed by atoms with Crippen molar-refractivity contribution in [1.82, 2.24) is 0 Å². The Morgan fingerprint density at radius 2 is 1.74 bits per heavy atom. The molecule has 0 atom stereocenters. The van der Waals surface area contributed by atoms with Crippen LogP contribution in [0.1, 0.15) is 12.1 Å². The zero-order valence-electron chi connectivity index (χ0n) is 9.94. The normalized spacial score (nSPS) is 15.8. The summed E-state index contributed by atoms with van der Waals surface area (Å²) < 4.78 is 16.3. The number of hydrogen-bond acceptors (Lipinski definition) is 5. The highest BCUT2D eigenvalue weighted by atomic mass is 16.7. The molecular weight excluding hydrogens is 250 g/mol. The van der Waals surface area contributed by atoms with Crippen LogP contribution in [0, 0.1) is 10.1 Å². The number of hydrogen-bond donors (Lipinski definition) is 0. The second-order valence-corrected chi connectivity index (χ2v) is 4.08. The van der Waals surface area contributed by atoms with Gasteiger partial charge in [-0.15, -0.1) is 0 Å². The first-order valence-electron chi connectivity index (χ1n) is 5.82. The molecule has 2 aromatic rings. The molecule has 2 heterocycles. The average molecular weight is 261 g/mol. The topological polar surface area (TPSA) is 74.7 Å². The number of nitrogens with zero attached hydrogens (tertiary/aromatic N) is 1. The molecule has 3 rings (SSSR count). The summed E-state index contributed by atoms with van der Waals surface area (Å²) in [7, 11) is 0. The van der Waals surface area contributed by atoms with Crippen LogP contribution in [0.3, 0.4) is 0 Å². The maximum absolute atomic E-state index is 10.6. The minimum absolute atomic E-state index is 0.0537. The minimum Gasteiger partial charge on any atom is -0.456 e. The van der Waals surface area contributed by atoms with E-state index in [2.05, 4.69) is 0 Å². The number of nitro groups is 1. The Morgan fingerprint density at radius 1 is 1.05 bits per heavy atom. The second-order valence-electron chi connectivity index (χ2n) is 4.08. The number of furan rings is 1. The van der Waals surface area contributed by atoms with Crippen molar-refractivity contribution in [1.29, 1.82) is 0 Å². The van der Waals surface area contributed by atoms with Gasteiger partial charge >= 0.3 is 0 Å². The number of ether oxygens (including phenoxy) is 2. The van der Waals surface area contributed by atoms with Crippen molar-refractivity contribution in [3.05, 3.63) is 52.3 Å². The van der Waals surface area contributed by atoms with E-state index in [0.717, 1.165) is 5.56 Å². The van der Waals surface area contributed by atoms with E-state index in [1.165, 1.54) is 12.1 Å². The quantitative estimate of drug-likeness (QED) is 0.627. The first kappa shape index (κ1) is 11.9. The number of benzene rings is 1. The van der Waals surface area contributed by atoms with Crippen LogP contribution in [0.25, 0.3) is 11.3 Å². The molecule has 19 heavy (non-hydrogen) atoms. The lowest BCUT2D eigenvalue weighted by Crippen LogP contribution is -1.94. The van der Waals surface area contributed by atoms with Crippen LogP contribution < -0.4 is 0 Å². The molecule has 1 aromatic carbocycles. The molecule has 6 heteroatoms. The molecule has 1 aliphatic rings. The van der Waals surface area contributed by atoms with Crippen LogP contribution in [0.4, 0.5) is 5.69 Å².